The summed E-state index contributed by atoms with van der Waals surface area (Å²) in [6.45, 7) is 4.27. The topological polar surface area (TPSA) is 89.3 Å². The number of sulfone groups is 1. The van der Waals surface area contributed by atoms with Gasteiger partial charge in [0.15, 0.2) is 15.6 Å². The molecule has 20 heavy (non-hydrogen) atoms. The molecule has 0 unspecified atom stereocenters. The predicted octanol–water partition coefficient (Wildman–Crippen LogP) is 2.54. The Labute approximate surface area is 123 Å². The second kappa shape index (κ2) is 5.04. The second-order valence-corrected chi connectivity index (χ2v) is 8.82. The second-order valence-electron chi connectivity index (χ2n) is 5.85. The molecule has 1 fully saturated rings. The van der Waals surface area contributed by atoms with Crippen molar-refractivity contribution in [2.75, 3.05) is 23.9 Å². The molecule has 5 nitrogen and oxygen atoms in total. The van der Waals surface area contributed by atoms with E-state index in [4.69, 9.17) is 5.73 Å². The molecule has 7 heteroatoms. The zero-order valence-electron chi connectivity index (χ0n) is 11.9. The van der Waals surface area contributed by atoms with Crippen molar-refractivity contribution in [3.05, 3.63) is 4.88 Å². The maximum Gasteiger partial charge on any atom is 0.180 e. The van der Waals surface area contributed by atoms with E-state index in [-0.39, 0.29) is 21.8 Å². The Morgan fingerprint density at radius 1 is 1.45 bits per heavy atom. The number of nitrogens with one attached hydrogen (secondary N) is 1. The fourth-order valence-electron chi connectivity index (χ4n) is 2.43. The van der Waals surface area contributed by atoms with E-state index < -0.39 is 9.84 Å². The molecule has 1 saturated carbocycles. The molecule has 1 aliphatic rings. The van der Waals surface area contributed by atoms with Gasteiger partial charge in [0.25, 0.3) is 0 Å². The third-order valence-electron chi connectivity index (χ3n) is 3.83. The van der Waals surface area contributed by atoms with Gasteiger partial charge >= 0.3 is 0 Å². The van der Waals surface area contributed by atoms with E-state index in [0.29, 0.717) is 16.4 Å². The lowest BCUT2D eigenvalue weighted by molar-refractivity contribution is 0.102. The molecule has 1 aliphatic carbocycles. The summed E-state index contributed by atoms with van der Waals surface area (Å²) >= 11 is 1.13. The molecule has 0 aliphatic heterocycles. The number of hydrogen-bond donors (Lipinski definition) is 2. The van der Waals surface area contributed by atoms with Gasteiger partial charge in [-0.1, -0.05) is 13.3 Å². The van der Waals surface area contributed by atoms with Crippen LogP contribution in [0.15, 0.2) is 4.90 Å². The lowest BCUT2D eigenvalue weighted by Crippen LogP contribution is -2.33. The van der Waals surface area contributed by atoms with Gasteiger partial charge in [-0.3, -0.25) is 4.79 Å². The van der Waals surface area contributed by atoms with Crippen molar-refractivity contribution in [1.29, 1.82) is 0 Å². The average Bonchev–Trinajstić information content (AvgIpc) is 2.60. The van der Waals surface area contributed by atoms with Crippen LogP contribution in [0.25, 0.3) is 0 Å². The third kappa shape index (κ3) is 2.83. The van der Waals surface area contributed by atoms with Crippen LogP contribution in [0.1, 0.15) is 42.8 Å². The van der Waals surface area contributed by atoms with Crippen LogP contribution in [0.5, 0.6) is 0 Å². The fourth-order valence-corrected chi connectivity index (χ4v) is 4.89. The number of carbonyl (C=O) groups is 1. The van der Waals surface area contributed by atoms with Gasteiger partial charge in [0.05, 0.1) is 10.6 Å². The van der Waals surface area contributed by atoms with Crippen molar-refractivity contribution < 1.29 is 13.2 Å². The highest BCUT2D eigenvalue weighted by Gasteiger charge is 2.33. The third-order valence-corrected chi connectivity index (χ3v) is 6.39. The molecule has 0 saturated heterocycles. The summed E-state index contributed by atoms with van der Waals surface area (Å²) in [4.78, 5) is 11.9. The molecule has 0 atom stereocenters. The minimum Gasteiger partial charge on any atom is -0.396 e. The van der Waals surface area contributed by atoms with Crippen LogP contribution in [0.3, 0.4) is 0 Å². The largest absolute Gasteiger partial charge is 0.396 e. The summed E-state index contributed by atoms with van der Waals surface area (Å²) in [5, 5.41) is 3.67. The van der Waals surface area contributed by atoms with Gasteiger partial charge in [-0.05, 0) is 18.3 Å². The van der Waals surface area contributed by atoms with E-state index in [9.17, 15) is 13.2 Å². The zero-order valence-corrected chi connectivity index (χ0v) is 13.6. The highest BCUT2D eigenvalue weighted by atomic mass is 32.2. The smallest absolute Gasteiger partial charge is 0.180 e. The molecule has 2 rings (SSSR count). The molecule has 0 amide bonds. The van der Waals surface area contributed by atoms with Crippen LogP contribution >= 0.6 is 11.3 Å². The number of carbonyl (C=O) groups excluding carboxylic acids is 1. The van der Waals surface area contributed by atoms with E-state index >= 15 is 0 Å². The van der Waals surface area contributed by atoms with Gasteiger partial charge in [-0.25, -0.2) is 8.42 Å². The quantitative estimate of drug-likeness (QED) is 0.815. The van der Waals surface area contributed by atoms with Gasteiger partial charge in [-0.2, -0.15) is 0 Å². The van der Waals surface area contributed by atoms with Gasteiger partial charge in [0.2, 0.25) is 0 Å². The Morgan fingerprint density at radius 3 is 2.45 bits per heavy atom. The fraction of sp³-hybridized carbons (Fsp3) is 0.615. The van der Waals surface area contributed by atoms with Crippen molar-refractivity contribution >= 4 is 37.6 Å². The number of nitrogens with two attached hydrogens (primary N) is 1. The molecule has 112 valence electrons. The van der Waals surface area contributed by atoms with E-state index in [0.717, 1.165) is 30.4 Å². The molecule has 1 heterocycles. The summed E-state index contributed by atoms with van der Waals surface area (Å²) in [6, 6.07) is 0. The van der Waals surface area contributed by atoms with Crippen LogP contribution in [-0.4, -0.2) is 27.0 Å². The Morgan fingerprint density at radius 2 is 2.05 bits per heavy atom. The predicted molar refractivity (Wildman–Crippen MR) is 82.3 cm³/mol. The number of Topliss-reactive ketones (excluding diaryl/α,β-unsaturated/α-hetero) is 1. The van der Waals surface area contributed by atoms with Crippen molar-refractivity contribution in [1.82, 2.24) is 0 Å². The Balaban J connectivity index is 2.36. The average molecular weight is 316 g/mol. The summed E-state index contributed by atoms with van der Waals surface area (Å²) in [6.07, 6.45) is 4.59. The standard InChI is InChI=1S/C13H20N2O3S2/c1-8(16)10-9(14)11(20(3,17)18)12(19-10)15-7-13(2)5-4-6-13/h15H,4-7,14H2,1-3H3. The van der Waals surface area contributed by atoms with Crippen molar-refractivity contribution in [3.63, 3.8) is 0 Å². The minimum absolute atomic E-state index is 0.0654. The van der Waals surface area contributed by atoms with Gasteiger partial charge in [-0.15, -0.1) is 11.3 Å². The summed E-state index contributed by atoms with van der Waals surface area (Å²) in [5.74, 6) is -0.208. The minimum atomic E-state index is -3.46. The molecular weight excluding hydrogens is 296 g/mol. The molecule has 0 aromatic carbocycles. The number of hydrogen-bond acceptors (Lipinski definition) is 6. The lowest BCUT2D eigenvalue weighted by atomic mass is 9.70. The van der Waals surface area contributed by atoms with E-state index in [1.54, 1.807) is 0 Å². The summed E-state index contributed by atoms with van der Waals surface area (Å²) < 4.78 is 23.8. The lowest BCUT2D eigenvalue weighted by Gasteiger charge is -2.38. The Bertz CT molecular complexity index is 643. The monoisotopic (exact) mass is 316 g/mol. The van der Waals surface area contributed by atoms with E-state index in [1.165, 1.54) is 13.3 Å². The number of nitrogen functional groups attached to an aromatic ring is 1. The van der Waals surface area contributed by atoms with Crippen LogP contribution in [0, 0.1) is 5.41 Å². The number of ketones is 1. The molecule has 1 aromatic rings. The first-order valence-electron chi connectivity index (χ1n) is 6.51. The molecule has 0 radical (unpaired) electrons. The molecular formula is C13H20N2O3S2. The summed E-state index contributed by atoms with van der Waals surface area (Å²) in [5.41, 5.74) is 6.13. The van der Waals surface area contributed by atoms with E-state index in [1.807, 2.05) is 0 Å². The first-order valence-corrected chi connectivity index (χ1v) is 9.22. The van der Waals surface area contributed by atoms with Crippen molar-refractivity contribution in [3.8, 4) is 0 Å². The highest BCUT2D eigenvalue weighted by molar-refractivity contribution is 7.91. The Kier molecular flexibility index (Phi) is 3.85. The highest BCUT2D eigenvalue weighted by Crippen LogP contribution is 2.43. The van der Waals surface area contributed by atoms with Crippen LogP contribution < -0.4 is 11.1 Å². The maximum absolute atomic E-state index is 11.9. The van der Waals surface area contributed by atoms with Crippen molar-refractivity contribution in [2.24, 2.45) is 5.41 Å². The number of thiophene rings is 1. The molecule has 3 N–H and O–H groups in total. The molecule has 1 aromatic heterocycles. The van der Waals surface area contributed by atoms with Crippen LogP contribution in [0.2, 0.25) is 0 Å². The molecule has 0 bridgehead atoms. The van der Waals surface area contributed by atoms with Crippen LogP contribution in [0.4, 0.5) is 10.7 Å². The first-order chi connectivity index (χ1) is 9.14. The number of anilines is 2. The number of rotatable bonds is 5. The van der Waals surface area contributed by atoms with Gasteiger partial charge < -0.3 is 11.1 Å². The maximum atomic E-state index is 11.9. The SMILES string of the molecule is CC(=O)c1sc(NCC2(C)CCC2)c(S(C)(=O)=O)c1N. The van der Waals surface area contributed by atoms with Gasteiger partial charge in [0, 0.05) is 19.7 Å². The zero-order chi connectivity index (χ0) is 15.1. The van der Waals surface area contributed by atoms with Crippen LogP contribution in [-0.2, 0) is 9.84 Å². The normalized spacial score (nSPS) is 17.6. The Hall–Kier alpha value is -1.08. The van der Waals surface area contributed by atoms with Crippen molar-refractivity contribution in [2.45, 2.75) is 38.0 Å². The van der Waals surface area contributed by atoms with E-state index in [2.05, 4.69) is 12.2 Å². The first kappa shape index (κ1) is 15.3. The summed E-state index contributed by atoms with van der Waals surface area (Å²) in [7, 11) is -3.46. The van der Waals surface area contributed by atoms with Gasteiger partial charge in [0.1, 0.15) is 9.90 Å². The molecule has 0 spiro atoms.